The lowest BCUT2D eigenvalue weighted by Crippen LogP contribution is -2.30. The molecule has 0 saturated carbocycles. The first-order valence-corrected chi connectivity index (χ1v) is 9.00. The minimum absolute atomic E-state index is 0.124. The molecule has 0 aliphatic carbocycles. The van der Waals surface area contributed by atoms with E-state index in [1.165, 1.54) is 0 Å². The Morgan fingerprint density at radius 3 is 2.43 bits per heavy atom. The van der Waals surface area contributed by atoms with Gasteiger partial charge in [0.2, 0.25) is 10.0 Å². The Labute approximate surface area is 129 Å². The summed E-state index contributed by atoms with van der Waals surface area (Å²) in [6.07, 6.45) is 0. The number of anilines is 1. The quantitative estimate of drug-likeness (QED) is 0.857. The Bertz CT molecular complexity index is 691. The molecule has 2 aromatic rings. The zero-order chi connectivity index (χ0) is 15.5. The van der Waals surface area contributed by atoms with E-state index in [1.807, 2.05) is 12.3 Å². The van der Waals surface area contributed by atoms with Crippen LogP contribution >= 0.6 is 11.3 Å². The van der Waals surface area contributed by atoms with Crippen LogP contribution in [0.4, 0.5) is 5.69 Å². The third-order valence-electron chi connectivity index (χ3n) is 2.67. The Morgan fingerprint density at radius 2 is 1.90 bits per heavy atom. The minimum atomic E-state index is -3.43. The number of thiazole rings is 1. The third-order valence-corrected chi connectivity index (χ3v) is 5.31. The summed E-state index contributed by atoms with van der Waals surface area (Å²) in [5.74, 6) is 0. The van der Waals surface area contributed by atoms with E-state index in [2.05, 4.69) is 15.0 Å². The molecule has 1 heterocycles. The van der Waals surface area contributed by atoms with Gasteiger partial charge in [-0.05, 0) is 45.0 Å². The number of hydrogen-bond acceptors (Lipinski definition) is 5. The van der Waals surface area contributed by atoms with Crippen LogP contribution in [0.3, 0.4) is 0 Å². The van der Waals surface area contributed by atoms with Gasteiger partial charge in [0.15, 0.2) is 0 Å². The van der Waals surface area contributed by atoms with E-state index in [4.69, 9.17) is 0 Å². The van der Waals surface area contributed by atoms with Gasteiger partial charge in [-0.1, -0.05) is 0 Å². The van der Waals surface area contributed by atoms with Gasteiger partial charge in [0, 0.05) is 22.8 Å². The topological polar surface area (TPSA) is 71.1 Å². The second-order valence-corrected chi connectivity index (χ2v) is 7.69. The molecular formula is C14H19N3O2S2. The van der Waals surface area contributed by atoms with Crippen molar-refractivity contribution in [3.05, 3.63) is 40.3 Å². The fourth-order valence-electron chi connectivity index (χ4n) is 1.79. The molecule has 1 aromatic heterocycles. The summed E-state index contributed by atoms with van der Waals surface area (Å²) in [7, 11) is -3.43. The molecule has 0 saturated heterocycles. The van der Waals surface area contributed by atoms with Crippen LogP contribution in [0.25, 0.3) is 0 Å². The zero-order valence-electron chi connectivity index (χ0n) is 12.3. The molecule has 0 aliphatic rings. The summed E-state index contributed by atoms with van der Waals surface area (Å²) in [6.45, 7) is 6.18. The van der Waals surface area contributed by atoms with Crippen LogP contribution in [0.1, 0.15) is 24.5 Å². The van der Waals surface area contributed by atoms with Gasteiger partial charge in [0.1, 0.15) is 5.01 Å². The van der Waals surface area contributed by atoms with E-state index in [0.29, 0.717) is 6.54 Å². The number of nitrogens with one attached hydrogen (secondary N) is 2. The predicted octanol–water partition coefficient (Wildman–Crippen LogP) is 2.75. The Hall–Kier alpha value is -1.44. The SMILES string of the molecule is Cc1csc(CNc2ccc(S(=O)(=O)NC(C)C)cc2)n1. The summed E-state index contributed by atoms with van der Waals surface area (Å²) in [6, 6.07) is 6.59. The van der Waals surface area contributed by atoms with Gasteiger partial charge in [0.25, 0.3) is 0 Å². The van der Waals surface area contributed by atoms with Gasteiger partial charge in [-0.25, -0.2) is 18.1 Å². The molecule has 0 aliphatic heterocycles. The van der Waals surface area contributed by atoms with Crippen molar-refractivity contribution in [1.82, 2.24) is 9.71 Å². The van der Waals surface area contributed by atoms with Gasteiger partial charge in [0.05, 0.1) is 11.4 Å². The highest BCUT2D eigenvalue weighted by molar-refractivity contribution is 7.89. The average molecular weight is 325 g/mol. The number of nitrogens with zero attached hydrogens (tertiary/aromatic N) is 1. The molecule has 1 aromatic carbocycles. The van der Waals surface area contributed by atoms with Crippen molar-refractivity contribution in [2.45, 2.75) is 38.3 Å². The lowest BCUT2D eigenvalue weighted by atomic mass is 10.3. The summed E-state index contributed by atoms with van der Waals surface area (Å²) in [5.41, 5.74) is 1.88. The molecule has 0 atom stereocenters. The fourth-order valence-corrected chi connectivity index (χ4v) is 3.75. The first-order valence-electron chi connectivity index (χ1n) is 6.64. The van der Waals surface area contributed by atoms with Crippen molar-refractivity contribution >= 4 is 27.0 Å². The molecule has 0 unspecified atom stereocenters. The molecule has 114 valence electrons. The summed E-state index contributed by atoms with van der Waals surface area (Å²) in [5, 5.41) is 6.24. The molecule has 0 amide bonds. The smallest absolute Gasteiger partial charge is 0.240 e. The van der Waals surface area contributed by atoms with Crippen molar-refractivity contribution in [2.24, 2.45) is 0 Å². The highest BCUT2D eigenvalue weighted by Crippen LogP contribution is 2.16. The van der Waals surface area contributed by atoms with Crippen LogP contribution in [0.15, 0.2) is 34.5 Å². The molecule has 0 bridgehead atoms. The van der Waals surface area contributed by atoms with Crippen molar-refractivity contribution in [2.75, 3.05) is 5.32 Å². The van der Waals surface area contributed by atoms with Crippen molar-refractivity contribution in [3.8, 4) is 0 Å². The van der Waals surface area contributed by atoms with Gasteiger partial charge in [-0.2, -0.15) is 0 Å². The third kappa shape index (κ3) is 4.52. The second-order valence-electron chi connectivity index (χ2n) is 5.04. The maximum atomic E-state index is 12.0. The van der Waals surface area contributed by atoms with Gasteiger partial charge in [-0.15, -0.1) is 11.3 Å². The first kappa shape index (κ1) is 15.9. The van der Waals surface area contributed by atoms with Gasteiger partial charge >= 0.3 is 0 Å². The highest BCUT2D eigenvalue weighted by atomic mass is 32.2. The second kappa shape index (κ2) is 6.55. The van der Waals surface area contributed by atoms with E-state index < -0.39 is 10.0 Å². The molecular weight excluding hydrogens is 306 g/mol. The normalized spacial score (nSPS) is 11.8. The Balaban J connectivity index is 2.02. The molecule has 7 heteroatoms. The number of aryl methyl sites for hydroxylation is 1. The molecule has 0 fully saturated rings. The van der Waals surface area contributed by atoms with Gasteiger partial charge < -0.3 is 5.32 Å². The largest absolute Gasteiger partial charge is 0.379 e. The minimum Gasteiger partial charge on any atom is -0.379 e. The van der Waals surface area contributed by atoms with E-state index in [0.717, 1.165) is 16.4 Å². The lowest BCUT2D eigenvalue weighted by Gasteiger charge is -2.10. The average Bonchev–Trinajstić information content (AvgIpc) is 2.81. The monoisotopic (exact) mass is 325 g/mol. The Morgan fingerprint density at radius 1 is 1.24 bits per heavy atom. The molecule has 0 spiro atoms. The molecule has 0 radical (unpaired) electrons. The molecule has 2 N–H and O–H groups in total. The van der Waals surface area contributed by atoms with Crippen molar-refractivity contribution in [1.29, 1.82) is 0 Å². The number of rotatable bonds is 6. The summed E-state index contributed by atoms with van der Waals surface area (Å²) < 4.78 is 26.6. The molecule has 5 nitrogen and oxygen atoms in total. The maximum Gasteiger partial charge on any atom is 0.240 e. The van der Waals surface area contributed by atoms with Gasteiger partial charge in [-0.3, -0.25) is 0 Å². The van der Waals surface area contributed by atoms with E-state index >= 15 is 0 Å². The van der Waals surface area contributed by atoms with Crippen molar-refractivity contribution in [3.63, 3.8) is 0 Å². The fraction of sp³-hybridized carbons (Fsp3) is 0.357. The lowest BCUT2D eigenvalue weighted by molar-refractivity contribution is 0.570. The predicted molar refractivity (Wildman–Crippen MR) is 86.1 cm³/mol. The Kier molecular flexibility index (Phi) is 4.97. The van der Waals surface area contributed by atoms with E-state index in [-0.39, 0.29) is 10.9 Å². The maximum absolute atomic E-state index is 12.0. The highest BCUT2D eigenvalue weighted by Gasteiger charge is 2.14. The molecule has 21 heavy (non-hydrogen) atoms. The van der Waals surface area contributed by atoms with E-state index in [9.17, 15) is 8.42 Å². The van der Waals surface area contributed by atoms with Crippen molar-refractivity contribution < 1.29 is 8.42 Å². The standard InChI is InChI=1S/C14H19N3O2S2/c1-10(2)17-21(18,19)13-6-4-12(5-7-13)15-8-14-16-11(3)9-20-14/h4-7,9-10,15,17H,8H2,1-3H3. The molecule has 2 rings (SSSR count). The summed E-state index contributed by atoms with van der Waals surface area (Å²) in [4.78, 5) is 4.64. The van der Waals surface area contributed by atoms with Crippen LogP contribution in [-0.2, 0) is 16.6 Å². The van der Waals surface area contributed by atoms with Crippen LogP contribution in [-0.4, -0.2) is 19.4 Å². The first-order chi connectivity index (χ1) is 9.87. The zero-order valence-corrected chi connectivity index (χ0v) is 13.9. The number of sulfonamides is 1. The number of hydrogen-bond donors (Lipinski definition) is 2. The van der Waals surface area contributed by atoms with Crippen LogP contribution in [0.5, 0.6) is 0 Å². The van der Waals surface area contributed by atoms with Crippen LogP contribution in [0, 0.1) is 6.92 Å². The van der Waals surface area contributed by atoms with Crippen LogP contribution < -0.4 is 10.0 Å². The van der Waals surface area contributed by atoms with Crippen LogP contribution in [0.2, 0.25) is 0 Å². The number of benzene rings is 1. The summed E-state index contributed by atoms with van der Waals surface area (Å²) >= 11 is 1.60. The number of aromatic nitrogens is 1. The van der Waals surface area contributed by atoms with E-state index in [1.54, 1.807) is 49.4 Å².